The lowest BCUT2D eigenvalue weighted by molar-refractivity contribution is -0.181. The Morgan fingerprint density at radius 2 is 1.68 bits per heavy atom. The van der Waals surface area contributed by atoms with Gasteiger partial charge in [0.2, 0.25) is 0 Å². The second-order valence-corrected chi connectivity index (χ2v) is 7.77. The summed E-state index contributed by atoms with van der Waals surface area (Å²) in [5.74, 6) is 0.118. The molecule has 0 atom stereocenters. The van der Waals surface area contributed by atoms with Crippen LogP contribution in [0.15, 0.2) is 60.8 Å². The fourth-order valence-corrected chi connectivity index (χ4v) is 4.29. The second kappa shape index (κ2) is 8.17. The van der Waals surface area contributed by atoms with Crippen molar-refractivity contribution in [2.24, 2.45) is 0 Å². The summed E-state index contributed by atoms with van der Waals surface area (Å²) in [5.41, 5.74) is 2.85. The van der Waals surface area contributed by atoms with Gasteiger partial charge in [-0.25, -0.2) is 4.68 Å². The molecule has 2 aliphatic rings. The zero-order chi connectivity index (χ0) is 21.3. The Labute approximate surface area is 181 Å². The number of nitrogens with zero attached hydrogens (tertiary/aromatic N) is 3. The molecule has 2 aliphatic heterocycles. The lowest BCUT2D eigenvalue weighted by Gasteiger charge is -2.37. The fourth-order valence-electron chi connectivity index (χ4n) is 4.29. The topological polar surface area (TPSA) is 65.8 Å². The summed E-state index contributed by atoms with van der Waals surface area (Å²) >= 11 is 0. The first-order chi connectivity index (χ1) is 15.2. The highest BCUT2D eigenvalue weighted by atomic mass is 16.7. The molecule has 7 heteroatoms. The molecule has 0 saturated carbocycles. The summed E-state index contributed by atoms with van der Waals surface area (Å²) in [5, 5.41) is 4.79. The van der Waals surface area contributed by atoms with Gasteiger partial charge in [-0.2, -0.15) is 5.10 Å². The Kier molecular flexibility index (Phi) is 5.21. The summed E-state index contributed by atoms with van der Waals surface area (Å²) in [7, 11) is 1.63. The van der Waals surface area contributed by atoms with Crippen LogP contribution in [-0.4, -0.2) is 59.8 Å². The molecule has 1 spiro atoms. The highest BCUT2D eigenvalue weighted by Gasteiger charge is 2.41. The van der Waals surface area contributed by atoms with Crippen molar-refractivity contribution >= 4 is 5.91 Å². The number of benzene rings is 2. The van der Waals surface area contributed by atoms with Gasteiger partial charge in [0.05, 0.1) is 31.6 Å². The number of piperidine rings is 1. The van der Waals surface area contributed by atoms with E-state index >= 15 is 0 Å². The van der Waals surface area contributed by atoms with Gasteiger partial charge in [0, 0.05) is 37.7 Å². The lowest BCUT2D eigenvalue weighted by atomic mass is 10.0. The summed E-state index contributed by atoms with van der Waals surface area (Å²) in [6.45, 7) is 2.41. The monoisotopic (exact) mass is 419 g/mol. The predicted octanol–water partition coefficient (Wildman–Crippen LogP) is 3.53. The third-order valence-electron chi connectivity index (χ3n) is 5.95. The summed E-state index contributed by atoms with van der Waals surface area (Å²) in [6.07, 6.45) is 3.16. The van der Waals surface area contributed by atoms with Gasteiger partial charge in [0.25, 0.3) is 5.91 Å². The van der Waals surface area contributed by atoms with Gasteiger partial charge in [-0.3, -0.25) is 4.79 Å². The van der Waals surface area contributed by atoms with Crippen molar-refractivity contribution in [2.75, 3.05) is 33.4 Å². The number of hydrogen-bond donors (Lipinski definition) is 0. The molecule has 0 radical (unpaired) electrons. The van der Waals surface area contributed by atoms with E-state index in [1.54, 1.807) is 11.8 Å². The minimum absolute atomic E-state index is 0.0454. The van der Waals surface area contributed by atoms with Gasteiger partial charge in [0.1, 0.15) is 11.4 Å². The molecule has 2 saturated heterocycles. The van der Waals surface area contributed by atoms with Crippen molar-refractivity contribution in [1.29, 1.82) is 0 Å². The van der Waals surface area contributed by atoms with Gasteiger partial charge < -0.3 is 19.1 Å². The number of carbonyl (C=O) groups is 1. The Morgan fingerprint density at radius 1 is 1.00 bits per heavy atom. The number of hydrogen-bond acceptors (Lipinski definition) is 5. The van der Waals surface area contributed by atoms with Crippen molar-refractivity contribution < 1.29 is 19.0 Å². The maximum atomic E-state index is 13.6. The first kappa shape index (κ1) is 19.8. The van der Waals surface area contributed by atoms with Crippen molar-refractivity contribution in [3.63, 3.8) is 0 Å². The summed E-state index contributed by atoms with van der Waals surface area (Å²) < 4.78 is 18.9. The minimum atomic E-state index is -0.517. The van der Waals surface area contributed by atoms with Gasteiger partial charge in [0.15, 0.2) is 5.79 Å². The van der Waals surface area contributed by atoms with Crippen LogP contribution in [0.1, 0.15) is 23.2 Å². The fraction of sp³-hybridized carbons (Fsp3) is 0.333. The van der Waals surface area contributed by atoms with E-state index in [0.717, 1.165) is 11.3 Å². The zero-order valence-corrected chi connectivity index (χ0v) is 17.5. The van der Waals surface area contributed by atoms with Crippen molar-refractivity contribution in [3.8, 4) is 22.7 Å². The minimum Gasteiger partial charge on any atom is -0.496 e. The number of aromatic nitrogens is 2. The van der Waals surface area contributed by atoms with Crippen LogP contribution >= 0.6 is 0 Å². The molecule has 5 rings (SSSR count). The van der Waals surface area contributed by atoms with Gasteiger partial charge >= 0.3 is 0 Å². The average Bonchev–Trinajstić information content (AvgIpc) is 3.47. The van der Waals surface area contributed by atoms with Crippen molar-refractivity contribution in [2.45, 2.75) is 18.6 Å². The third kappa shape index (κ3) is 3.71. The number of para-hydroxylation sites is 2. The van der Waals surface area contributed by atoms with Crippen LogP contribution < -0.4 is 4.74 Å². The molecule has 0 bridgehead atoms. The Hall–Kier alpha value is -3.16. The van der Waals surface area contributed by atoms with E-state index in [2.05, 4.69) is 0 Å². The Bertz CT molecular complexity index is 1060. The van der Waals surface area contributed by atoms with Crippen LogP contribution in [-0.2, 0) is 9.47 Å². The number of amides is 1. The molecular weight excluding hydrogens is 394 g/mol. The standard InChI is InChI=1S/C24H25N3O4/c1-29-21-10-6-5-9-19(21)22-20(17-27(25-22)18-7-3-2-4-8-18)23(28)26-13-11-24(12-14-26)30-15-16-31-24/h2-10,17H,11-16H2,1H3. The molecular formula is C24H25N3O4. The predicted molar refractivity (Wildman–Crippen MR) is 115 cm³/mol. The molecule has 0 N–H and O–H groups in total. The average molecular weight is 419 g/mol. The lowest BCUT2D eigenvalue weighted by Crippen LogP contribution is -2.47. The number of methoxy groups -OCH3 is 1. The number of ether oxygens (including phenoxy) is 3. The Morgan fingerprint density at radius 3 is 2.39 bits per heavy atom. The van der Waals surface area contributed by atoms with Crippen LogP contribution in [0, 0.1) is 0 Å². The van der Waals surface area contributed by atoms with E-state index < -0.39 is 5.79 Å². The highest BCUT2D eigenvalue weighted by molar-refractivity contribution is 6.00. The first-order valence-corrected chi connectivity index (χ1v) is 10.5. The van der Waals surface area contributed by atoms with Crippen LogP contribution in [0.25, 0.3) is 16.9 Å². The Balaban J connectivity index is 1.51. The maximum absolute atomic E-state index is 13.6. The quantitative estimate of drug-likeness (QED) is 0.647. The number of likely N-dealkylation sites (tertiary alicyclic amines) is 1. The maximum Gasteiger partial charge on any atom is 0.257 e. The van der Waals surface area contributed by atoms with Crippen molar-refractivity contribution in [1.82, 2.24) is 14.7 Å². The van der Waals surface area contributed by atoms with E-state index in [1.165, 1.54) is 0 Å². The van der Waals surface area contributed by atoms with Gasteiger partial charge in [-0.05, 0) is 24.3 Å². The molecule has 3 aromatic rings. The van der Waals surface area contributed by atoms with Crippen LogP contribution in [0.3, 0.4) is 0 Å². The molecule has 2 aromatic carbocycles. The van der Waals surface area contributed by atoms with E-state index in [1.807, 2.05) is 65.7 Å². The number of carbonyl (C=O) groups excluding carboxylic acids is 1. The molecule has 0 aliphatic carbocycles. The molecule has 31 heavy (non-hydrogen) atoms. The summed E-state index contributed by atoms with van der Waals surface area (Å²) in [4.78, 5) is 15.5. The largest absolute Gasteiger partial charge is 0.496 e. The van der Waals surface area contributed by atoms with E-state index in [-0.39, 0.29) is 5.91 Å². The first-order valence-electron chi connectivity index (χ1n) is 10.5. The smallest absolute Gasteiger partial charge is 0.257 e. The highest BCUT2D eigenvalue weighted by Crippen LogP contribution is 2.35. The molecule has 2 fully saturated rings. The number of rotatable bonds is 4. The zero-order valence-electron chi connectivity index (χ0n) is 17.5. The SMILES string of the molecule is COc1ccccc1-c1nn(-c2ccccc2)cc1C(=O)N1CCC2(CC1)OCCO2. The van der Waals surface area contributed by atoms with Gasteiger partial charge in [-0.1, -0.05) is 30.3 Å². The third-order valence-corrected chi connectivity index (χ3v) is 5.95. The molecule has 0 unspecified atom stereocenters. The molecule has 3 heterocycles. The molecule has 1 amide bonds. The normalized spacial score (nSPS) is 17.8. The van der Waals surface area contributed by atoms with Crippen LogP contribution in [0.4, 0.5) is 0 Å². The van der Waals surface area contributed by atoms with E-state index in [9.17, 15) is 4.79 Å². The molecule has 160 valence electrons. The van der Waals surface area contributed by atoms with E-state index in [0.29, 0.717) is 56.2 Å². The van der Waals surface area contributed by atoms with Gasteiger partial charge in [-0.15, -0.1) is 0 Å². The van der Waals surface area contributed by atoms with Crippen LogP contribution in [0.2, 0.25) is 0 Å². The molecule has 1 aromatic heterocycles. The van der Waals surface area contributed by atoms with Crippen molar-refractivity contribution in [3.05, 3.63) is 66.4 Å². The van der Waals surface area contributed by atoms with Crippen LogP contribution in [0.5, 0.6) is 5.75 Å². The summed E-state index contributed by atoms with van der Waals surface area (Å²) in [6, 6.07) is 17.4. The molecule has 7 nitrogen and oxygen atoms in total. The van der Waals surface area contributed by atoms with E-state index in [4.69, 9.17) is 19.3 Å². The second-order valence-electron chi connectivity index (χ2n) is 7.77.